The van der Waals surface area contributed by atoms with Crippen LogP contribution in [0.2, 0.25) is 0 Å². The van der Waals surface area contributed by atoms with Crippen LogP contribution in [0.25, 0.3) is 0 Å². The first kappa shape index (κ1) is 13.4. The van der Waals surface area contributed by atoms with Crippen LogP contribution in [-0.2, 0) is 11.3 Å². The molecule has 1 fully saturated rings. The first-order valence-corrected chi connectivity index (χ1v) is 6.85. The van der Waals surface area contributed by atoms with Gasteiger partial charge in [0.05, 0.1) is 6.61 Å². The van der Waals surface area contributed by atoms with Crippen molar-refractivity contribution in [3.63, 3.8) is 0 Å². The average molecular weight is 248 g/mol. The molecule has 1 heterocycles. The van der Waals surface area contributed by atoms with Crippen LogP contribution in [0.5, 0.6) is 0 Å². The lowest BCUT2D eigenvalue weighted by molar-refractivity contribution is 0.199. The Hall–Kier alpha value is -1.06. The minimum atomic E-state index is 0.769. The lowest BCUT2D eigenvalue weighted by Gasteiger charge is -2.20. The van der Waals surface area contributed by atoms with Crippen molar-refractivity contribution in [3.8, 4) is 0 Å². The Kier molecular flexibility index (Phi) is 5.02. The molecule has 1 aliphatic heterocycles. The van der Waals surface area contributed by atoms with Gasteiger partial charge in [0.2, 0.25) is 0 Å². The Balaban J connectivity index is 1.92. The van der Waals surface area contributed by atoms with E-state index in [1.807, 2.05) is 0 Å². The average Bonchev–Trinajstić information content (AvgIpc) is 2.88. The number of rotatable bonds is 6. The van der Waals surface area contributed by atoms with Crippen LogP contribution in [0.4, 0.5) is 5.69 Å². The molecule has 0 unspecified atom stereocenters. The lowest BCUT2D eigenvalue weighted by Crippen LogP contribution is -2.20. The Bertz CT molecular complexity index is 373. The predicted molar refractivity (Wildman–Crippen MR) is 76.2 cm³/mol. The normalized spacial score (nSPS) is 15.3. The molecule has 0 bridgehead atoms. The molecule has 0 aliphatic carbocycles. The van der Waals surface area contributed by atoms with Gasteiger partial charge >= 0.3 is 0 Å². The fourth-order valence-electron chi connectivity index (χ4n) is 2.55. The first-order valence-electron chi connectivity index (χ1n) is 6.85. The van der Waals surface area contributed by atoms with E-state index in [4.69, 9.17) is 4.74 Å². The standard InChI is InChI=1S/C15H24N2O/c1-13-11-14(12-16-7-10-18-2)5-6-15(13)17-8-3-4-9-17/h5-6,11,16H,3-4,7-10,12H2,1-2H3. The van der Waals surface area contributed by atoms with Crippen LogP contribution in [0.15, 0.2) is 18.2 Å². The topological polar surface area (TPSA) is 24.5 Å². The molecule has 3 heteroatoms. The predicted octanol–water partition coefficient (Wildman–Crippen LogP) is 2.33. The van der Waals surface area contributed by atoms with Gasteiger partial charge in [-0.3, -0.25) is 0 Å². The zero-order valence-corrected chi connectivity index (χ0v) is 11.5. The minimum absolute atomic E-state index is 0.769. The zero-order valence-electron chi connectivity index (χ0n) is 11.5. The number of aryl methyl sites for hydroxylation is 1. The first-order chi connectivity index (χ1) is 8.81. The molecule has 1 aromatic rings. The van der Waals surface area contributed by atoms with Crippen LogP contribution < -0.4 is 10.2 Å². The van der Waals surface area contributed by atoms with Gasteiger partial charge in [0.15, 0.2) is 0 Å². The van der Waals surface area contributed by atoms with E-state index in [0.717, 1.165) is 19.7 Å². The second kappa shape index (κ2) is 6.76. The lowest BCUT2D eigenvalue weighted by atomic mass is 10.1. The summed E-state index contributed by atoms with van der Waals surface area (Å²) < 4.78 is 5.02. The van der Waals surface area contributed by atoms with Crippen molar-refractivity contribution in [2.45, 2.75) is 26.3 Å². The van der Waals surface area contributed by atoms with E-state index in [2.05, 4.69) is 35.3 Å². The summed E-state index contributed by atoms with van der Waals surface area (Å²) in [7, 11) is 1.73. The summed E-state index contributed by atoms with van der Waals surface area (Å²) >= 11 is 0. The number of nitrogens with one attached hydrogen (secondary N) is 1. The molecule has 1 aliphatic rings. The van der Waals surface area contributed by atoms with Crippen molar-refractivity contribution in [1.82, 2.24) is 5.32 Å². The van der Waals surface area contributed by atoms with E-state index >= 15 is 0 Å². The quantitative estimate of drug-likeness (QED) is 0.782. The van der Waals surface area contributed by atoms with E-state index in [9.17, 15) is 0 Å². The number of hydrogen-bond acceptors (Lipinski definition) is 3. The summed E-state index contributed by atoms with van der Waals surface area (Å²) in [5.74, 6) is 0. The number of nitrogens with zero attached hydrogens (tertiary/aromatic N) is 1. The van der Waals surface area contributed by atoms with Crippen molar-refractivity contribution in [2.75, 3.05) is 38.3 Å². The fourth-order valence-corrected chi connectivity index (χ4v) is 2.55. The number of ether oxygens (including phenoxy) is 1. The number of anilines is 1. The molecule has 0 saturated carbocycles. The summed E-state index contributed by atoms with van der Waals surface area (Å²) in [6.07, 6.45) is 2.67. The second-order valence-electron chi connectivity index (χ2n) is 4.98. The maximum absolute atomic E-state index is 5.02. The maximum atomic E-state index is 5.02. The summed E-state index contributed by atoms with van der Waals surface area (Å²) in [6, 6.07) is 6.81. The zero-order chi connectivity index (χ0) is 12.8. The van der Waals surface area contributed by atoms with Crippen LogP contribution >= 0.6 is 0 Å². The van der Waals surface area contributed by atoms with Crippen LogP contribution in [0.1, 0.15) is 24.0 Å². The van der Waals surface area contributed by atoms with Crippen LogP contribution in [0, 0.1) is 6.92 Å². The van der Waals surface area contributed by atoms with Crippen molar-refractivity contribution in [2.24, 2.45) is 0 Å². The molecule has 0 atom stereocenters. The van der Waals surface area contributed by atoms with Gasteiger partial charge in [-0.2, -0.15) is 0 Å². The molecule has 1 saturated heterocycles. The molecule has 100 valence electrons. The largest absolute Gasteiger partial charge is 0.383 e. The third-order valence-corrected chi connectivity index (χ3v) is 3.52. The summed E-state index contributed by atoms with van der Waals surface area (Å²) in [6.45, 7) is 7.24. The minimum Gasteiger partial charge on any atom is -0.383 e. The van der Waals surface area contributed by atoms with E-state index < -0.39 is 0 Å². The summed E-state index contributed by atoms with van der Waals surface area (Å²) in [5.41, 5.74) is 4.16. The van der Waals surface area contributed by atoms with Gasteiger partial charge in [-0.05, 0) is 37.0 Å². The maximum Gasteiger partial charge on any atom is 0.0587 e. The Morgan fingerprint density at radius 3 is 2.72 bits per heavy atom. The van der Waals surface area contributed by atoms with Gasteiger partial charge in [0.25, 0.3) is 0 Å². The molecule has 0 spiro atoms. The Labute approximate surface area is 110 Å². The van der Waals surface area contributed by atoms with Crippen molar-refractivity contribution < 1.29 is 4.74 Å². The number of benzene rings is 1. The highest BCUT2D eigenvalue weighted by Gasteiger charge is 2.13. The number of methoxy groups -OCH3 is 1. The molecule has 0 radical (unpaired) electrons. The van der Waals surface area contributed by atoms with E-state index in [1.165, 1.54) is 42.7 Å². The van der Waals surface area contributed by atoms with Crippen molar-refractivity contribution in [1.29, 1.82) is 0 Å². The molecule has 0 aromatic heterocycles. The number of hydrogen-bond donors (Lipinski definition) is 1. The Morgan fingerprint density at radius 1 is 1.28 bits per heavy atom. The van der Waals surface area contributed by atoms with Crippen molar-refractivity contribution >= 4 is 5.69 Å². The van der Waals surface area contributed by atoms with E-state index in [-0.39, 0.29) is 0 Å². The van der Waals surface area contributed by atoms with Gasteiger partial charge in [-0.25, -0.2) is 0 Å². The smallest absolute Gasteiger partial charge is 0.0587 e. The Morgan fingerprint density at radius 2 is 2.06 bits per heavy atom. The third-order valence-electron chi connectivity index (χ3n) is 3.52. The highest BCUT2D eigenvalue weighted by atomic mass is 16.5. The summed E-state index contributed by atoms with van der Waals surface area (Å²) in [4.78, 5) is 2.50. The molecule has 0 amide bonds. The second-order valence-corrected chi connectivity index (χ2v) is 4.98. The molecule has 1 N–H and O–H groups in total. The highest BCUT2D eigenvalue weighted by molar-refractivity contribution is 5.55. The van der Waals surface area contributed by atoms with Gasteiger partial charge in [-0.15, -0.1) is 0 Å². The van der Waals surface area contributed by atoms with E-state index in [1.54, 1.807) is 7.11 Å². The van der Waals surface area contributed by atoms with Crippen LogP contribution in [-0.4, -0.2) is 33.4 Å². The molecule has 2 rings (SSSR count). The van der Waals surface area contributed by atoms with E-state index in [0.29, 0.717) is 0 Å². The van der Waals surface area contributed by atoms with Gasteiger partial charge < -0.3 is 15.0 Å². The van der Waals surface area contributed by atoms with Gasteiger partial charge in [-0.1, -0.05) is 12.1 Å². The SMILES string of the molecule is COCCNCc1ccc(N2CCCC2)c(C)c1. The summed E-state index contributed by atoms with van der Waals surface area (Å²) in [5, 5.41) is 3.38. The fraction of sp³-hybridized carbons (Fsp3) is 0.600. The van der Waals surface area contributed by atoms with Crippen molar-refractivity contribution in [3.05, 3.63) is 29.3 Å². The third kappa shape index (κ3) is 3.47. The molecule has 3 nitrogen and oxygen atoms in total. The van der Waals surface area contributed by atoms with Crippen LogP contribution in [0.3, 0.4) is 0 Å². The van der Waals surface area contributed by atoms with Gasteiger partial charge in [0.1, 0.15) is 0 Å². The monoisotopic (exact) mass is 248 g/mol. The molecule has 18 heavy (non-hydrogen) atoms. The molecular weight excluding hydrogens is 224 g/mol. The highest BCUT2D eigenvalue weighted by Crippen LogP contribution is 2.24. The van der Waals surface area contributed by atoms with Gasteiger partial charge in [0, 0.05) is 39.0 Å². The molecular formula is C15H24N2O. The molecule has 1 aromatic carbocycles.